The van der Waals surface area contributed by atoms with Gasteiger partial charge in [0.25, 0.3) is 0 Å². The third kappa shape index (κ3) is 6.34. The number of fused-ring (bicyclic) bond motifs is 1. The maximum atomic E-state index is 14.1. The Kier molecular flexibility index (Phi) is 8.65. The molecule has 0 aromatic heterocycles. The number of hydrogen-bond acceptors (Lipinski definition) is 7. The van der Waals surface area contributed by atoms with Gasteiger partial charge in [-0.1, -0.05) is 42.5 Å². The first-order valence-electron chi connectivity index (χ1n) is 14.6. The molecule has 10 heteroatoms. The zero-order valence-corrected chi connectivity index (χ0v) is 24.4. The van der Waals surface area contributed by atoms with Crippen molar-refractivity contribution in [3.63, 3.8) is 0 Å². The van der Waals surface area contributed by atoms with E-state index in [4.69, 9.17) is 10.5 Å². The van der Waals surface area contributed by atoms with E-state index < -0.39 is 23.0 Å². The molecular formula is C32H40FN5O4. The third-order valence-electron chi connectivity index (χ3n) is 8.29. The second-order valence-corrected chi connectivity index (χ2v) is 12.1. The molecule has 3 N–H and O–H groups in total. The first-order valence-corrected chi connectivity index (χ1v) is 14.6. The Hall–Kier alpha value is -3.76. The van der Waals surface area contributed by atoms with Crippen LogP contribution in [0.15, 0.2) is 66.5 Å². The lowest BCUT2D eigenvalue weighted by molar-refractivity contribution is -0.145. The summed E-state index contributed by atoms with van der Waals surface area (Å²) >= 11 is 0. The Morgan fingerprint density at radius 3 is 2.38 bits per heavy atom. The second-order valence-electron chi connectivity index (χ2n) is 12.1. The minimum atomic E-state index is -1.20. The van der Waals surface area contributed by atoms with E-state index in [0.29, 0.717) is 19.5 Å². The lowest BCUT2D eigenvalue weighted by Gasteiger charge is -2.49. The van der Waals surface area contributed by atoms with Crippen LogP contribution >= 0.6 is 0 Å². The minimum absolute atomic E-state index is 0.0497. The number of amides is 2. The molecule has 42 heavy (non-hydrogen) atoms. The average Bonchev–Trinajstić information content (AvgIpc) is 3.60. The highest BCUT2D eigenvalue weighted by Crippen LogP contribution is 2.38. The van der Waals surface area contributed by atoms with Crippen LogP contribution in [0.1, 0.15) is 37.8 Å². The van der Waals surface area contributed by atoms with Crippen LogP contribution in [0.5, 0.6) is 0 Å². The maximum absolute atomic E-state index is 14.1. The molecule has 2 aromatic carbocycles. The molecule has 9 nitrogen and oxygen atoms in total. The summed E-state index contributed by atoms with van der Waals surface area (Å²) in [6.45, 7) is 6.10. The molecule has 2 atom stereocenters. The molecule has 3 aliphatic rings. The van der Waals surface area contributed by atoms with Gasteiger partial charge in [0.15, 0.2) is 5.78 Å². The van der Waals surface area contributed by atoms with Gasteiger partial charge in [-0.3, -0.25) is 14.4 Å². The Balaban J connectivity index is 1.39. The summed E-state index contributed by atoms with van der Waals surface area (Å²) in [5.41, 5.74) is 5.56. The lowest BCUT2D eigenvalue weighted by Crippen LogP contribution is -2.67. The summed E-state index contributed by atoms with van der Waals surface area (Å²) in [4.78, 5) is 46.8. The van der Waals surface area contributed by atoms with Crippen molar-refractivity contribution in [2.75, 3.05) is 39.3 Å². The van der Waals surface area contributed by atoms with Crippen molar-refractivity contribution >= 4 is 17.6 Å². The van der Waals surface area contributed by atoms with Crippen molar-refractivity contribution in [3.05, 3.63) is 83.4 Å². The third-order valence-corrected chi connectivity index (χ3v) is 8.29. The molecule has 3 heterocycles. The molecule has 2 fully saturated rings. The number of likely N-dealkylation sites (tertiary alicyclic amines) is 1. The summed E-state index contributed by atoms with van der Waals surface area (Å²) < 4.78 is 19.6. The van der Waals surface area contributed by atoms with Gasteiger partial charge >= 0.3 is 0 Å². The molecule has 5 rings (SSSR count). The summed E-state index contributed by atoms with van der Waals surface area (Å²) in [5, 5.41) is 2.79. The number of nitrogens with zero attached hydrogens (tertiary/aromatic N) is 3. The summed E-state index contributed by atoms with van der Waals surface area (Å²) in [5.74, 6) is -0.332. The van der Waals surface area contributed by atoms with Crippen LogP contribution in [0.4, 0.5) is 4.39 Å². The lowest BCUT2D eigenvalue weighted by atomic mass is 9.84. The number of ketones is 1. The van der Waals surface area contributed by atoms with E-state index in [1.165, 1.54) is 12.1 Å². The molecule has 0 radical (unpaired) electrons. The molecule has 2 amide bonds. The van der Waals surface area contributed by atoms with Gasteiger partial charge in [0.05, 0.1) is 25.3 Å². The van der Waals surface area contributed by atoms with E-state index in [9.17, 15) is 18.8 Å². The number of ether oxygens (including phenoxy) is 1. The Labute approximate surface area is 246 Å². The van der Waals surface area contributed by atoms with E-state index in [-0.39, 0.29) is 37.3 Å². The van der Waals surface area contributed by atoms with Crippen molar-refractivity contribution in [1.82, 2.24) is 20.0 Å². The maximum Gasteiger partial charge on any atom is 0.247 e. The first kappa shape index (κ1) is 29.7. The Bertz CT molecular complexity index is 1320. The summed E-state index contributed by atoms with van der Waals surface area (Å²) in [6, 6.07) is 14.7. The van der Waals surface area contributed by atoms with Crippen molar-refractivity contribution < 1.29 is 23.5 Å². The average molecular weight is 578 g/mol. The van der Waals surface area contributed by atoms with Gasteiger partial charge < -0.3 is 30.5 Å². The highest BCUT2D eigenvalue weighted by molar-refractivity contribution is 6.02. The predicted octanol–water partition coefficient (Wildman–Crippen LogP) is 2.21. The fourth-order valence-electron chi connectivity index (χ4n) is 5.97. The van der Waals surface area contributed by atoms with Crippen LogP contribution in [-0.2, 0) is 32.1 Å². The number of hydrogen-bond donors (Lipinski definition) is 2. The molecule has 0 bridgehead atoms. The standard InChI is InChI=1S/C32H40FN5O4/c1-31(2,34)30(41)35-26(21-42-20-24-8-4-3-5-9-24)29(40)37-16-17-38-28(36-14-6-7-15-36)18-27(39)32(38,22-37)19-23-10-12-25(33)13-11-23/h3-5,8-13,18,26H,6-7,14-17,19-22,34H2,1-2H3,(H,35,41). The number of piperazine rings is 1. The second kappa shape index (κ2) is 12.2. The van der Waals surface area contributed by atoms with Crippen LogP contribution in [0.2, 0.25) is 0 Å². The number of halogens is 1. The van der Waals surface area contributed by atoms with Crippen LogP contribution in [0.3, 0.4) is 0 Å². The topological polar surface area (TPSA) is 108 Å². The number of carbonyl (C=O) groups is 3. The molecule has 0 spiro atoms. The minimum Gasteiger partial charge on any atom is -0.374 e. The molecular weight excluding hydrogens is 537 g/mol. The van der Waals surface area contributed by atoms with E-state index in [2.05, 4.69) is 15.1 Å². The smallest absolute Gasteiger partial charge is 0.247 e. The van der Waals surface area contributed by atoms with Gasteiger partial charge in [-0.2, -0.15) is 0 Å². The van der Waals surface area contributed by atoms with Gasteiger partial charge in [0.2, 0.25) is 11.8 Å². The van der Waals surface area contributed by atoms with E-state index in [1.54, 1.807) is 37.0 Å². The van der Waals surface area contributed by atoms with Crippen LogP contribution in [0, 0.1) is 5.82 Å². The molecule has 2 saturated heterocycles. The normalized spacial score (nSPS) is 21.3. The highest BCUT2D eigenvalue weighted by atomic mass is 19.1. The van der Waals surface area contributed by atoms with E-state index in [0.717, 1.165) is 42.9 Å². The van der Waals surface area contributed by atoms with Gasteiger partial charge in [0, 0.05) is 38.7 Å². The van der Waals surface area contributed by atoms with Crippen molar-refractivity contribution in [2.24, 2.45) is 5.73 Å². The van der Waals surface area contributed by atoms with Gasteiger partial charge in [0.1, 0.15) is 23.2 Å². The zero-order chi connectivity index (χ0) is 29.9. The predicted molar refractivity (Wildman–Crippen MR) is 156 cm³/mol. The zero-order valence-electron chi connectivity index (χ0n) is 24.4. The van der Waals surface area contributed by atoms with Crippen LogP contribution in [-0.4, -0.2) is 88.7 Å². The molecule has 3 aliphatic heterocycles. The molecule has 0 saturated carbocycles. The van der Waals surface area contributed by atoms with Crippen molar-refractivity contribution in [2.45, 2.75) is 56.8 Å². The van der Waals surface area contributed by atoms with Crippen LogP contribution in [0.25, 0.3) is 0 Å². The SMILES string of the molecule is CC(C)(N)C(=O)NC(COCc1ccccc1)C(=O)N1CCN2C(N3CCCC3)=CC(=O)C2(Cc2ccc(F)cc2)C1. The fraction of sp³-hybridized carbons (Fsp3) is 0.469. The molecule has 2 unspecified atom stereocenters. The fourth-order valence-corrected chi connectivity index (χ4v) is 5.97. The van der Waals surface area contributed by atoms with Gasteiger partial charge in [-0.25, -0.2) is 4.39 Å². The summed E-state index contributed by atoms with van der Waals surface area (Å²) in [7, 11) is 0. The largest absolute Gasteiger partial charge is 0.374 e. The van der Waals surface area contributed by atoms with Crippen molar-refractivity contribution in [3.8, 4) is 0 Å². The highest BCUT2D eigenvalue weighted by Gasteiger charge is 2.54. The number of carbonyl (C=O) groups excluding carboxylic acids is 3. The van der Waals surface area contributed by atoms with Crippen LogP contribution < -0.4 is 11.1 Å². The molecule has 0 aliphatic carbocycles. The quantitative estimate of drug-likeness (QED) is 0.446. The number of nitrogens with one attached hydrogen (secondary N) is 1. The Morgan fingerprint density at radius 2 is 1.71 bits per heavy atom. The van der Waals surface area contributed by atoms with Gasteiger partial charge in [-0.05, 0) is 49.9 Å². The molecule has 224 valence electrons. The number of nitrogens with two attached hydrogens (primary N) is 1. The van der Waals surface area contributed by atoms with Gasteiger partial charge in [-0.15, -0.1) is 0 Å². The summed E-state index contributed by atoms with van der Waals surface area (Å²) in [6.07, 6.45) is 4.16. The monoisotopic (exact) mass is 577 g/mol. The molecule has 2 aromatic rings. The van der Waals surface area contributed by atoms with Crippen molar-refractivity contribution in [1.29, 1.82) is 0 Å². The number of benzene rings is 2. The van der Waals surface area contributed by atoms with E-state index >= 15 is 0 Å². The Morgan fingerprint density at radius 1 is 1.02 bits per heavy atom. The first-order chi connectivity index (χ1) is 20.1. The van der Waals surface area contributed by atoms with E-state index in [1.807, 2.05) is 30.3 Å². The number of rotatable bonds is 10.